The molecular weight excluding hydrogens is 425 g/mol. The highest BCUT2D eigenvalue weighted by Crippen LogP contribution is 2.30. The first kappa shape index (κ1) is 22.8. The SMILES string of the molecule is COc1ccc(S(=O)(=O)N2CCN(C(=O)NCCc3ccccc3F)CC2)cc1OC. The van der Waals surface area contributed by atoms with Crippen molar-refractivity contribution >= 4 is 16.1 Å². The van der Waals surface area contributed by atoms with Crippen molar-refractivity contribution in [3.63, 3.8) is 0 Å². The summed E-state index contributed by atoms with van der Waals surface area (Å²) in [5.74, 6) is 0.473. The van der Waals surface area contributed by atoms with Crippen LogP contribution in [-0.2, 0) is 16.4 Å². The topological polar surface area (TPSA) is 88.2 Å². The fourth-order valence-corrected chi connectivity index (χ4v) is 4.81. The number of ether oxygens (including phenoxy) is 2. The third-order valence-electron chi connectivity index (χ3n) is 5.15. The van der Waals surface area contributed by atoms with E-state index in [1.807, 2.05) is 0 Å². The first-order valence-electron chi connectivity index (χ1n) is 9.85. The largest absolute Gasteiger partial charge is 0.493 e. The number of benzene rings is 2. The van der Waals surface area contributed by atoms with Gasteiger partial charge in [0.15, 0.2) is 11.5 Å². The lowest BCUT2D eigenvalue weighted by atomic mass is 10.1. The highest BCUT2D eigenvalue weighted by molar-refractivity contribution is 7.89. The van der Waals surface area contributed by atoms with Crippen molar-refractivity contribution in [3.05, 3.63) is 53.8 Å². The molecule has 0 saturated carbocycles. The van der Waals surface area contributed by atoms with Crippen LogP contribution in [0.5, 0.6) is 11.5 Å². The summed E-state index contributed by atoms with van der Waals surface area (Å²) in [4.78, 5) is 14.0. The van der Waals surface area contributed by atoms with E-state index in [0.29, 0.717) is 30.0 Å². The van der Waals surface area contributed by atoms with Crippen LogP contribution in [0.4, 0.5) is 9.18 Å². The van der Waals surface area contributed by atoms with E-state index in [0.717, 1.165) is 0 Å². The van der Waals surface area contributed by atoms with Gasteiger partial charge < -0.3 is 19.7 Å². The maximum Gasteiger partial charge on any atom is 0.317 e. The summed E-state index contributed by atoms with van der Waals surface area (Å²) < 4.78 is 51.3. The van der Waals surface area contributed by atoms with Crippen LogP contribution < -0.4 is 14.8 Å². The van der Waals surface area contributed by atoms with Crippen molar-refractivity contribution in [3.8, 4) is 11.5 Å². The van der Waals surface area contributed by atoms with Crippen LogP contribution in [0.1, 0.15) is 5.56 Å². The maximum absolute atomic E-state index is 13.7. The number of carbonyl (C=O) groups is 1. The van der Waals surface area contributed by atoms with Gasteiger partial charge in [0, 0.05) is 38.8 Å². The summed E-state index contributed by atoms with van der Waals surface area (Å²) in [6.45, 7) is 1.18. The second kappa shape index (κ2) is 9.97. The zero-order chi connectivity index (χ0) is 22.4. The van der Waals surface area contributed by atoms with Gasteiger partial charge in [-0.25, -0.2) is 17.6 Å². The summed E-state index contributed by atoms with van der Waals surface area (Å²) in [5, 5.41) is 2.76. The van der Waals surface area contributed by atoms with Crippen molar-refractivity contribution in [1.29, 1.82) is 0 Å². The molecule has 0 bridgehead atoms. The van der Waals surface area contributed by atoms with E-state index >= 15 is 0 Å². The number of carbonyl (C=O) groups excluding carboxylic acids is 1. The summed E-state index contributed by atoms with van der Waals surface area (Å²) in [6, 6.07) is 10.6. The minimum atomic E-state index is -3.73. The first-order valence-corrected chi connectivity index (χ1v) is 11.3. The monoisotopic (exact) mass is 451 g/mol. The van der Waals surface area contributed by atoms with Crippen LogP contribution in [0.15, 0.2) is 47.4 Å². The second-order valence-electron chi connectivity index (χ2n) is 6.98. The van der Waals surface area contributed by atoms with Gasteiger partial charge in [-0.3, -0.25) is 0 Å². The molecular formula is C21H26FN3O5S. The molecule has 0 radical (unpaired) electrons. The fraction of sp³-hybridized carbons (Fsp3) is 0.381. The third-order valence-corrected chi connectivity index (χ3v) is 7.04. The number of nitrogens with zero attached hydrogens (tertiary/aromatic N) is 2. The van der Waals surface area contributed by atoms with Crippen molar-refractivity contribution in [2.24, 2.45) is 0 Å². The van der Waals surface area contributed by atoms with Crippen molar-refractivity contribution in [2.75, 3.05) is 46.9 Å². The number of piperazine rings is 1. The number of hydrogen-bond acceptors (Lipinski definition) is 5. The molecule has 2 amide bonds. The predicted octanol–water partition coefficient (Wildman–Crippen LogP) is 2.10. The van der Waals surface area contributed by atoms with Crippen LogP contribution in [0.2, 0.25) is 0 Å². The number of halogens is 1. The molecule has 1 saturated heterocycles. The fourth-order valence-electron chi connectivity index (χ4n) is 3.37. The molecule has 1 aliphatic rings. The Morgan fingerprint density at radius 3 is 2.35 bits per heavy atom. The van der Waals surface area contributed by atoms with E-state index in [-0.39, 0.29) is 42.9 Å². The molecule has 1 fully saturated rings. The molecule has 1 aliphatic heterocycles. The molecule has 2 aromatic rings. The Kier molecular flexibility index (Phi) is 7.34. The smallest absolute Gasteiger partial charge is 0.317 e. The van der Waals surface area contributed by atoms with Crippen LogP contribution >= 0.6 is 0 Å². The van der Waals surface area contributed by atoms with E-state index in [9.17, 15) is 17.6 Å². The van der Waals surface area contributed by atoms with Crippen LogP contribution in [0.25, 0.3) is 0 Å². The lowest BCUT2D eigenvalue weighted by Crippen LogP contribution is -2.53. The lowest BCUT2D eigenvalue weighted by molar-refractivity contribution is 0.172. The second-order valence-corrected chi connectivity index (χ2v) is 8.92. The van der Waals surface area contributed by atoms with Gasteiger partial charge in [0.2, 0.25) is 10.0 Å². The Hall–Kier alpha value is -2.85. The molecule has 0 unspecified atom stereocenters. The summed E-state index contributed by atoms with van der Waals surface area (Å²) >= 11 is 0. The summed E-state index contributed by atoms with van der Waals surface area (Å²) in [7, 11) is -0.808. The highest BCUT2D eigenvalue weighted by Gasteiger charge is 2.30. The number of rotatable bonds is 7. The van der Waals surface area contributed by atoms with E-state index in [4.69, 9.17) is 9.47 Å². The van der Waals surface area contributed by atoms with E-state index in [1.54, 1.807) is 29.2 Å². The Labute approximate surface area is 181 Å². The average molecular weight is 452 g/mol. The number of urea groups is 1. The Bertz CT molecular complexity index is 1020. The van der Waals surface area contributed by atoms with Crippen LogP contribution in [0, 0.1) is 5.82 Å². The number of hydrogen-bond donors (Lipinski definition) is 1. The van der Waals surface area contributed by atoms with Crippen molar-refractivity contribution in [1.82, 2.24) is 14.5 Å². The first-order chi connectivity index (χ1) is 14.9. The van der Waals surface area contributed by atoms with Crippen LogP contribution in [0.3, 0.4) is 0 Å². The molecule has 10 heteroatoms. The van der Waals surface area contributed by atoms with E-state index < -0.39 is 10.0 Å². The minimum absolute atomic E-state index is 0.105. The van der Waals surface area contributed by atoms with Gasteiger partial charge in [-0.2, -0.15) is 4.31 Å². The number of methoxy groups -OCH3 is 2. The van der Waals surface area contributed by atoms with Gasteiger partial charge in [0.25, 0.3) is 0 Å². The van der Waals surface area contributed by atoms with Gasteiger partial charge >= 0.3 is 6.03 Å². The normalized spacial score (nSPS) is 14.9. The van der Waals surface area contributed by atoms with E-state index in [2.05, 4.69) is 5.32 Å². The van der Waals surface area contributed by atoms with Crippen molar-refractivity contribution in [2.45, 2.75) is 11.3 Å². The molecule has 0 aromatic heterocycles. The molecule has 31 heavy (non-hydrogen) atoms. The molecule has 1 N–H and O–H groups in total. The molecule has 0 atom stereocenters. The third kappa shape index (κ3) is 5.26. The standard InChI is InChI=1S/C21H26FN3O5S/c1-29-19-8-7-17(15-20(19)30-2)31(27,28)25-13-11-24(12-14-25)21(26)23-10-9-16-5-3-4-6-18(16)22/h3-8,15H,9-14H2,1-2H3,(H,23,26). The molecule has 3 rings (SSSR count). The number of nitrogens with one attached hydrogen (secondary N) is 1. The van der Waals surface area contributed by atoms with Gasteiger partial charge in [-0.1, -0.05) is 18.2 Å². The molecule has 8 nitrogen and oxygen atoms in total. The van der Waals surface area contributed by atoms with Crippen molar-refractivity contribution < 1.29 is 27.1 Å². The zero-order valence-corrected chi connectivity index (χ0v) is 18.3. The molecule has 2 aromatic carbocycles. The van der Waals surface area contributed by atoms with Gasteiger partial charge in [0.1, 0.15) is 5.82 Å². The number of sulfonamides is 1. The number of amides is 2. The van der Waals surface area contributed by atoms with Crippen LogP contribution in [-0.4, -0.2) is 70.6 Å². The summed E-state index contributed by atoms with van der Waals surface area (Å²) in [5.41, 5.74) is 0.536. The highest BCUT2D eigenvalue weighted by atomic mass is 32.2. The van der Waals surface area contributed by atoms with E-state index in [1.165, 1.54) is 36.7 Å². The molecule has 0 aliphatic carbocycles. The summed E-state index contributed by atoms with van der Waals surface area (Å²) in [6.07, 6.45) is 0.381. The predicted molar refractivity (Wildman–Crippen MR) is 113 cm³/mol. The lowest BCUT2D eigenvalue weighted by Gasteiger charge is -2.34. The van der Waals surface area contributed by atoms with Gasteiger partial charge in [-0.15, -0.1) is 0 Å². The Morgan fingerprint density at radius 1 is 1.03 bits per heavy atom. The molecule has 1 heterocycles. The quantitative estimate of drug-likeness (QED) is 0.697. The zero-order valence-electron chi connectivity index (χ0n) is 17.5. The average Bonchev–Trinajstić information content (AvgIpc) is 2.79. The molecule has 168 valence electrons. The molecule has 0 spiro atoms. The minimum Gasteiger partial charge on any atom is -0.493 e. The Balaban J connectivity index is 1.54. The van der Waals surface area contributed by atoms with Gasteiger partial charge in [0.05, 0.1) is 19.1 Å². The Morgan fingerprint density at radius 2 is 1.71 bits per heavy atom. The maximum atomic E-state index is 13.7. The van der Waals surface area contributed by atoms with Gasteiger partial charge in [-0.05, 0) is 30.2 Å².